The van der Waals surface area contributed by atoms with E-state index < -0.39 is 0 Å². The van der Waals surface area contributed by atoms with Crippen molar-refractivity contribution in [1.29, 1.82) is 0 Å². The Labute approximate surface area is 94.0 Å². The van der Waals surface area contributed by atoms with Crippen molar-refractivity contribution in [3.05, 3.63) is 28.4 Å². The van der Waals surface area contributed by atoms with Crippen LogP contribution >= 0.6 is 22.6 Å². The van der Waals surface area contributed by atoms with Crippen LogP contribution in [0.2, 0.25) is 0 Å². The Bertz CT molecular complexity index is 445. The molecule has 0 amide bonds. The van der Waals surface area contributed by atoms with Crippen LogP contribution in [0, 0.1) is 3.57 Å². The summed E-state index contributed by atoms with van der Waals surface area (Å²) in [5.74, 6) is 0.986. The van der Waals surface area contributed by atoms with Gasteiger partial charge in [-0.25, -0.2) is 19.9 Å². The van der Waals surface area contributed by atoms with Crippen LogP contribution in [0.4, 0.5) is 5.82 Å². The molecule has 0 aliphatic heterocycles. The molecule has 5 nitrogen and oxygen atoms in total. The van der Waals surface area contributed by atoms with Crippen LogP contribution in [-0.2, 0) is 0 Å². The Morgan fingerprint density at radius 2 is 2.14 bits per heavy atom. The summed E-state index contributed by atoms with van der Waals surface area (Å²) >= 11 is 2.08. The first-order valence-electron chi connectivity index (χ1n) is 3.82. The molecule has 0 saturated heterocycles. The summed E-state index contributed by atoms with van der Waals surface area (Å²) in [7, 11) is 0. The third-order valence-corrected chi connectivity index (χ3v) is 2.41. The van der Waals surface area contributed by atoms with E-state index in [1.54, 1.807) is 18.5 Å². The summed E-state index contributed by atoms with van der Waals surface area (Å²) in [6, 6.07) is 1.74. The maximum absolute atomic E-state index is 5.66. The number of nitrogens with two attached hydrogens (primary N) is 1. The standard InChI is InChI=1S/C8H6IN5/c9-5-3-12-8(14-7(5)10)6-1-2-11-4-13-6/h1-4H,(H2,10,12,14). The SMILES string of the molecule is Nc1nc(-c2ccncn2)ncc1I. The number of aromatic nitrogens is 4. The van der Waals surface area contributed by atoms with Crippen LogP contribution in [0.3, 0.4) is 0 Å². The van der Waals surface area contributed by atoms with E-state index in [2.05, 4.69) is 42.5 Å². The highest BCUT2D eigenvalue weighted by Gasteiger charge is 2.04. The van der Waals surface area contributed by atoms with Crippen LogP contribution in [0.5, 0.6) is 0 Å². The number of rotatable bonds is 1. The van der Waals surface area contributed by atoms with Gasteiger partial charge < -0.3 is 5.73 Å². The molecule has 2 aromatic rings. The zero-order valence-electron chi connectivity index (χ0n) is 7.05. The number of anilines is 1. The molecule has 0 atom stereocenters. The molecule has 0 aliphatic rings. The Morgan fingerprint density at radius 1 is 1.29 bits per heavy atom. The van der Waals surface area contributed by atoms with E-state index in [0.717, 1.165) is 3.57 Å². The second kappa shape index (κ2) is 3.82. The zero-order valence-corrected chi connectivity index (χ0v) is 9.21. The summed E-state index contributed by atoms with van der Waals surface area (Å²) in [6.07, 6.45) is 4.76. The fourth-order valence-electron chi connectivity index (χ4n) is 0.927. The first-order chi connectivity index (χ1) is 6.77. The van der Waals surface area contributed by atoms with Crippen molar-refractivity contribution >= 4 is 28.4 Å². The van der Waals surface area contributed by atoms with E-state index in [1.165, 1.54) is 6.33 Å². The van der Waals surface area contributed by atoms with Gasteiger partial charge in [0.15, 0.2) is 5.82 Å². The lowest BCUT2D eigenvalue weighted by atomic mass is 10.4. The molecular weight excluding hydrogens is 293 g/mol. The Kier molecular flexibility index (Phi) is 2.53. The van der Waals surface area contributed by atoms with Gasteiger partial charge in [-0.1, -0.05) is 0 Å². The molecule has 70 valence electrons. The van der Waals surface area contributed by atoms with Crippen LogP contribution in [-0.4, -0.2) is 19.9 Å². The van der Waals surface area contributed by atoms with Gasteiger partial charge in [-0.15, -0.1) is 0 Å². The summed E-state index contributed by atoms with van der Waals surface area (Å²) in [6.45, 7) is 0. The van der Waals surface area contributed by atoms with E-state index in [-0.39, 0.29) is 0 Å². The van der Waals surface area contributed by atoms with Gasteiger partial charge >= 0.3 is 0 Å². The van der Waals surface area contributed by atoms with Crippen molar-refractivity contribution < 1.29 is 0 Å². The highest BCUT2D eigenvalue weighted by atomic mass is 127. The third kappa shape index (κ3) is 1.79. The van der Waals surface area contributed by atoms with Gasteiger partial charge in [0.05, 0.1) is 3.57 Å². The summed E-state index contributed by atoms with van der Waals surface area (Å²) in [5.41, 5.74) is 6.33. The number of halogens is 1. The number of nitrogens with zero attached hydrogens (tertiary/aromatic N) is 4. The fraction of sp³-hybridized carbons (Fsp3) is 0. The highest BCUT2D eigenvalue weighted by Crippen LogP contribution is 2.15. The van der Waals surface area contributed by atoms with Crippen LogP contribution in [0.25, 0.3) is 11.5 Å². The largest absolute Gasteiger partial charge is 0.383 e. The predicted octanol–water partition coefficient (Wildman–Crippen LogP) is 1.12. The zero-order chi connectivity index (χ0) is 9.97. The van der Waals surface area contributed by atoms with Crippen LogP contribution < -0.4 is 5.73 Å². The van der Waals surface area contributed by atoms with E-state index in [9.17, 15) is 0 Å². The first kappa shape index (κ1) is 9.25. The van der Waals surface area contributed by atoms with Gasteiger partial charge in [0, 0.05) is 12.4 Å². The minimum absolute atomic E-state index is 0.467. The Morgan fingerprint density at radius 3 is 2.79 bits per heavy atom. The quantitative estimate of drug-likeness (QED) is 0.798. The van der Waals surface area contributed by atoms with Crippen LogP contribution in [0.1, 0.15) is 0 Å². The molecule has 0 radical (unpaired) electrons. The summed E-state index contributed by atoms with van der Waals surface area (Å²) in [4.78, 5) is 16.1. The number of hydrogen-bond donors (Lipinski definition) is 1. The number of hydrogen-bond acceptors (Lipinski definition) is 5. The van der Waals surface area contributed by atoms with Gasteiger partial charge in [-0.3, -0.25) is 0 Å². The van der Waals surface area contributed by atoms with Crippen molar-refractivity contribution in [3.8, 4) is 11.5 Å². The van der Waals surface area contributed by atoms with Crippen molar-refractivity contribution in [1.82, 2.24) is 19.9 Å². The molecule has 0 aliphatic carbocycles. The topological polar surface area (TPSA) is 77.6 Å². The van der Waals surface area contributed by atoms with Crippen molar-refractivity contribution in [3.63, 3.8) is 0 Å². The minimum Gasteiger partial charge on any atom is -0.383 e. The van der Waals surface area contributed by atoms with Gasteiger partial charge in [-0.05, 0) is 28.7 Å². The third-order valence-electron chi connectivity index (χ3n) is 1.58. The minimum atomic E-state index is 0.467. The monoisotopic (exact) mass is 299 g/mol. The smallest absolute Gasteiger partial charge is 0.180 e. The van der Waals surface area contributed by atoms with Crippen molar-refractivity contribution in [2.24, 2.45) is 0 Å². The maximum atomic E-state index is 5.66. The average Bonchev–Trinajstić information content (AvgIpc) is 2.23. The molecule has 0 spiro atoms. The summed E-state index contributed by atoms with van der Waals surface area (Å²) < 4.78 is 0.834. The Balaban J connectivity index is 2.48. The molecule has 2 aromatic heterocycles. The lowest BCUT2D eigenvalue weighted by molar-refractivity contribution is 1.10. The van der Waals surface area contributed by atoms with Gasteiger partial charge in [0.2, 0.25) is 0 Å². The van der Waals surface area contributed by atoms with Gasteiger partial charge in [0.1, 0.15) is 17.8 Å². The van der Waals surface area contributed by atoms with E-state index in [0.29, 0.717) is 17.3 Å². The molecule has 2 heterocycles. The van der Waals surface area contributed by atoms with Crippen LogP contribution in [0.15, 0.2) is 24.8 Å². The fourth-order valence-corrected chi connectivity index (χ4v) is 1.19. The maximum Gasteiger partial charge on any atom is 0.180 e. The van der Waals surface area contributed by atoms with Crippen molar-refractivity contribution in [2.45, 2.75) is 0 Å². The summed E-state index contributed by atoms with van der Waals surface area (Å²) in [5, 5.41) is 0. The molecule has 0 unspecified atom stereocenters. The second-order valence-corrected chi connectivity index (χ2v) is 3.68. The van der Waals surface area contributed by atoms with Gasteiger partial charge in [-0.2, -0.15) is 0 Å². The molecule has 0 bridgehead atoms. The molecule has 0 saturated carbocycles. The first-order valence-corrected chi connectivity index (χ1v) is 4.89. The molecule has 6 heteroatoms. The van der Waals surface area contributed by atoms with E-state index in [1.807, 2.05) is 0 Å². The molecule has 0 aromatic carbocycles. The lowest BCUT2D eigenvalue weighted by Crippen LogP contribution is -1.99. The normalized spacial score (nSPS) is 10.1. The molecule has 2 N–H and O–H groups in total. The second-order valence-electron chi connectivity index (χ2n) is 2.52. The van der Waals surface area contributed by atoms with Crippen molar-refractivity contribution in [2.75, 3.05) is 5.73 Å². The Hall–Kier alpha value is -1.31. The van der Waals surface area contributed by atoms with E-state index in [4.69, 9.17) is 5.73 Å². The molecule has 0 fully saturated rings. The molecule has 14 heavy (non-hydrogen) atoms. The number of nitrogen functional groups attached to an aromatic ring is 1. The van der Waals surface area contributed by atoms with Gasteiger partial charge in [0.25, 0.3) is 0 Å². The predicted molar refractivity (Wildman–Crippen MR) is 60.2 cm³/mol. The molecule has 2 rings (SSSR count). The lowest BCUT2D eigenvalue weighted by Gasteiger charge is -2.00. The average molecular weight is 299 g/mol. The highest BCUT2D eigenvalue weighted by molar-refractivity contribution is 14.1. The molecular formula is C8H6IN5. The van der Waals surface area contributed by atoms with E-state index >= 15 is 0 Å².